The molecule has 4 rings (SSSR count). The van der Waals surface area contributed by atoms with Crippen LogP contribution in [0.1, 0.15) is 19.3 Å². The van der Waals surface area contributed by atoms with Gasteiger partial charge in [-0.2, -0.15) is 0 Å². The number of hydrogen-bond acceptors (Lipinski definition) is 6. The van der Waals surface area contributed by atoms with E-state index in [1.165, 1.54) is 38.2 Å². The zero-order valence-corrected chi connectivity index (χ0v) is 17.2. The van der Waals surface area contributed by atoms with Gasteiger partial charge in [0.25, 0.3) is 5.69 Å². The molecule has 9 heteroatoms. The van der Waals surface area contributed by atoms with E-state index in [2.05, 4.69) is 10.2 Å². The van der Waals surface area contributed by atoms with E-state index < -0.39 is 10.8 Å². The molecule has 0 aromatic heterocycles. The Kier molecular flexibility index (Phi) is 5.75. The summed E-state index contributed by atoms with van der Waals surface area (Å²) in [6.45, 7) is 2.38. The van der Waals surface area contributed by atoms with Crippen LogP contribution in [0, 0.1) is 16.0 Å². The third-order valence-electron chi connectivity index (χ3n) is 5.78. The Morgan fingerprint density at radius 3 is 2.45 bits per heavy atom. The lowest BCUT2D eigenvalue weighted by molar-refractivity contribution is -0.384. The van der Waals surface area contributed by atoms with E-state index in [4.69, 9.17) is 4.74 Å². The van der Waals surface area contributed by atoms with Crippen molar-refractivity contribution in [1.29, 1.82) is 0 Å². The largest absolute Gasteiger partial charge is 0.494 e. The van der Waals surface area contributed by atoms with Crippen LogP contribution >= 0.6 is 0 Å². The lowest BCUT2D eigenvalue weighted by Crippen LogP contribution is -2.28. The lowest BCUT2D eigenvalue weighted by atomic mass is 10.1. The second kappa shape index (κ2) is 8.63. The minimum Gasteiger partial charge on any atom is -0.494 e. The summed E-state index contributed by atoms with van der Waals surface area (Å²) < 4.78 is 5.16. The Morgan fingerprint density at radius 2 is 1.81 bits per heavy atom. The summed E-state index contributed by atoms with van der Waals surface area (Å²) in [6, 6.07) is 11.9. The van der Waals surface area contributed by atoms with E-state index in [0.29, 0.717) is 5.69 Å². The van der Waals surface area contributed by atoms with Crippen molar-refractivity contribution in [3.8, 4) is 5.75 Å². The summed E-state index contributed by atoms with van der Waals surface area (Å²) >= 11 is 0. The molecule has 2 heterocycles. The number of ether oxygens (including phenoxy) is 1. The summed E-state index contributed by atoms with van der Waals surface area (Å²) in [5.41, 5.74) is 2.12. The fraction of sp³-hybridized carbons (Fsp3) is 0.364. The summed E-state index contributed by atoms with van der Waals surface area (Å²) in [7, 11) is 1.38. The van der Waals surface area contributed by atoms with Gasteiger partial charge in [-0.15, -0.1) is 0 Å². The van der Waals surface area contributed by atoms with E-state index in [1.54, 1.807) is 4.90 Å². The van der Waals surface area contributed by atoms with Crippen molar-refractivity contribution in [2.45, 2.75) is 19.3 Å². The zero-order chi connectivity index (χ0) is 22.0. The van der Waals surface area contributed by atoms with Crippen LogP contribution in [0.3, 0.4) is 0 Å². The molecule has 1 N–H and O–H groups in total. The average molecular weight is 424 g/mol. The molecule has 0 saturated carbocycles. The van der Waals surface area contributed by atoms with Crippen LogP contribution in [-0.4, -0.2) is 43.5 Å². The fourth-order valence-corrected chi connectivity index (χ4v) is 4.08. The minimum absolute atomic E-state index is 0.106. The standard InChI is InChI=1S/C22H24N4O5/c1-31-20-13-18(26(29)30)8-9-19(20)23-22(28)15-12-21(27)25(14-15)17-6-4-16(5-7-17)24-10-2-3-11-24/h4-9,13,15H,2-3,10-12,14H2,1H3,(H,23,28). The van der Waals surface area contributed by atoms with Crippen LogP contribution in [0.5, 0.6) is 5.75 Å². The average Bonchev–Trinajstić information content (AvgIpc) is 3.44. The van der Waals surface area contributed by atoms with E-state index in [9.17, 15) is 19.7 Å². The molecular formula is C22H24N4O5. The normalized spacial score (nSPS) is 18.4. The number of amides is 2. The number of nitrogens with zero attached hydrogens (tertiary/aromatic N) is 3. The number of carbonyl (C=O) groups is 2. The number of nitro groups is 1. The van der Waals surface area contributed by atoms with Crippen molar-refractivity contribution < 1.29 is 19.2 Å². The number of nitro benzene ring substituents is 1. The van der Waals surface area contributed by atoms with Gasteiger partial charge in [0.1, 0.15) is 5.75 Å². The molecule has 2 aromatic carbocycles. The van der Waals surface area contributed by atoms with E-state index >= 15 is 0 Å². The molecule has 2 aromatic rings. The SMILES string of the molecule is COc1cc([N+](=O)[O-])ccc1NC(=O)C1CC(=O)N(c2ccc(N3CCCC3)cc2)C1. The first kappa shape index (κ1) is 20.6. The van der Waals surface area contributed by atoms with Crippen LogP contribution in [0.25, 0.3) is 0 Å². The van der Waals surface area contributed by atoms with E-state index in [0.717, 1.165) is 24.5 Å². The van der Waals surface area contributed by atoms with Gasteiger partial charge < -0.3 is 19.9 Å². The Bertz CT molecular complexity index is 1000. The molecule has 9 nitrogen and oxygen atoms in total. The highest BCUT2D eigenvalue weighted by Gasteiger charge is 2.35. The van der Waals surface area contributed by atoms with Gasteiger partial charge in [-0.1, -0.05) is 0 Å². The van der Waals surface area contributed by atoms with Crippen LogP contribution < -0.4 is 19.9 Å². The zero-order valence-electron chi connectivity index (χ0n) is 17.2. The number of rotatable bonds is 6. The maximum atomic E-state index is 12.8. The third-order valence-corrected chi connectivity index (χ3v) is 5.78. The van der Waals surface area contributed by atoms with Gasteiger partial charge in [-0.3, -0.25) is 19.7 Å². The van der Waals surface area contributed by atoms with Crippen LogP contribution in [0.4, 0.5) is 22.7 Å². The number of non-ortho nitro benzene ring substituents is 1. The predicted octanol–water partition coefficient (Wildman–Crippen LogP) is 3.20. The molecule has 1 unspecified atom stereocenters. The Balaban J connectivity index is 1.43. The topological polar surface area (TPSA) is 105 Å². The summed E-state index contributed by atoms with van der Waals surface area (Å²) in [5.74, 6) is -0.756. The summed E-state index contributed by atoms with van der Waals surface area (Å²) in [6.07, 6.45) is 2.50. The molecule has 31 heavy (non-hydrogen) atoms. The van der Waals surface area contributed by atoms with Crippen molar-refractivity contribution in [2.24, 2.45) is 5.92 Å². The van der Waals surface area contributed by atoms with Gasteiger partial charge in [-0.05, 0) is 43.2 Å². The van der Waals surface area contributed by atoms with Crippen molar-refractivity contribution >= 4 is 34.6 Å². The molecule has 2 saturated heterocycles. The third kappa shape index (κ3) is 4.30. The molecule has 0 spiro atoms. The second-order valence-electron chi connectivity index (χ2n) is 7.75. The van der Waals surface area contributed by atoms with Crippen LogP contribution in [0.2, 0.25) is 0 Å². The highest BCUT2D eigenvalue weighted by atomic mass is 16.6. The first-order valence-electron chi connectivity index (χ1n) is 10.2. The first-order valence-corrected chi connectivity index (χ1v) is 10.2. The number of anilines is 3. The molecule has 2 aliphatic rings. The van der Waals surface area contributed by atoms with Crippen molar-refractivity contribution in [2.75, 3.05) is 41.9 Å². The molecule has 2 amide bonds. The number of methoxy groups -OCH3 is 1. The smallest absolute Gasteiger partial charge is 0.273 e. The van der Waals surface area contributed by atoms with Crippen LogP contribution in [-0.2, 0) is 9.59 Å². The maximum absolute atomic E-state index is 12.8. The highest BCUT2D eigenvalue weighted by Crippen LogP contribution is 2.32. The highest BCUT2D eigenvalue weighted by molar-refractivity contribution is 6.04. The monoisotopic (exact) mass is 424 g/mol. The number of nitrogens with one attached hydrogen (secondary N) is 1. The molecule has 0 bridgehead atoms. The quantitative estimate of drug-likeness (QED) is 0.564. The summed E-state index contributed by atoms with van der Waals surface area (Å²) in [5, 5.41) is 13.7. The maximum Gasteiger partial charge on any atom is 0.273 e. The molecule has 0 radical (unpaired) electrons. The second-order valence-corrected chi connectivity index (χ2v) is 7.75. The predicted molar refractivity (Wildman–Crippen MR) is 117 cm³/mol. The number of carbonyl (C=O) groups excluding carboxylic acids is 2. The van der Waals surface area contributed by atoms with Crippen LogP contribution in [0.15, 0.2) is 42.5 Å². The van der Waals surface area contributed by atoms with Gasteiger partial charge in [-0.25, -0.2) is 0 Å². The molecule has 0 aliphatic carbocycles. The fourth-order valence-electron chi connectivity index (χ4n) is 4.08. The van der Waals surface area contributed by atoms with Gasteiger partial charge in [0.2, 0.25) is 11.8 Å². The molecule has 2 aliphatic heterocycles. The molecule has 162 valence electrons. The van der Waals surface area contributed by atoms with Gasteiger partial charge in [0.15, 0.2) is 0 Å². The van der Waals surface area contributed by atoms with Gasteiger partial charge >= 0.3 is 0 Å². The van der Waals surface area contributed by atoms with Crippen molar-refractivity contribution in [3.05, 3.63) is 52.6 Å². The number of benzene rings is 2. The van der Waals surface area contributed by atoms with E-state index in [1.807, 2.05) is 24.3 Å². The molecule has 2 fully saturated rings. The van der Waals surface area contributed by atoms with Crippen molar-refractivity contribution in [3.63, 3.8) is 0 Å². The number of hydrogen-bond donors (Lipinski definition) is 1. The molecular weight excluding hydrogens is 400 g/mol. The summed E-state index contributed by atoms with van der Waals surface area (Å²) in [4.78, 5) is 39.7. The van der Waals surface area contributed by atoms with Gasteiger partial charge in [0, 0.05) is 43.5 Å². The lowest BCUT2D eigenvalue weighted by Gasteiger charge is -2.21. The Labute approximate surface area is 179 Å². The minimum atomic E-state index is -0.531. The Hall–Kier alpha value is -3.62. The van der Waals surface area contributed by atoms with Crippen molar-refractivity contribution in [1.82, 2.24) is 0 Å². The van der Waals surface area contributed by atoms with E-state index in [-0.39, 0.29) is 36.2 Å². The Morgan fingerprint density at radius 1 is 1.13 bits per heavy atom. The van der Waals surface area contributed by atoms with Gasteiger partial charge in [0.05, 0.1) is 29.7 Å². The molecule has 1 atom stereocenters. The first-order chi connectivity index (χ1) is 15.0.